The minimum Gasteiger partial charge on any atom is -0.497 e. The number of nitrogens with one attached hydrogen (secondary N) is 1. The van der Waals surface area contributed by atoms with Gasteiger partial charge in [0.15, 0.2) is 0 Å². The first kappa shape index (κ1) is 24.6. The van der Waals surface area contributed by atoms with Crippen LogP contribution in [0.2, 0.25) is 0 Å². The van der Waals surface area contributed by atoms with Crippen molar-refractivity contribution in [2.75, 3.05) is 7.11 Å². The van der Waals surface area contributed by atoms with E-state index in [-0.39, 0.29) is 16.3 Å². The number of thioether (sulfide) groups is 2. The Morgan fingerprint density at radius 2 is 1.34 bits per heavy atom. The summed E-state index contributed by atoms with van der Waals surface area (Å²) in [5.41, 5.74) is 1.39. The van der Waals surface area contributed by atoms with Crippen molar-refractivity contribution in [1.29, 1.82) is 0 Å². The topological polar surface area (TPSA) is 55.4 Å². The highest BCUT2D eigenvalue weighted by molar-refractivity contribution is 8.14. The van der Waals surface area contributed by atoms with E-state index in [1.54, 1.807) is 31.0 Å². The molecule has 4 aromatic carbocycles. The van der Waals surface area contributed by atoms with Gasteiger partial charge in [-0.25, -0.2) is 0 Å². The summed E-state index contributed by atoms with van der Waals surface area (Å²) < 4.78 is 5.45. The van der Waals surface area contributed by atoms with Crippen molar-refractivity contribution in [2.45, 2.75) is 21.1 Å². The lowest BCUT2D eigenvalue weighted by Crippen LogP contribution is -2.43. The summed E-state index contributed by atoms with van der Waals surface area (Å²) in [6.07, 6.45) is 0. The van der Waals surface area contributed by atoms with Crippen LogP contribution in [-0.2, 0) is 4.79 Å². The third-order valence-corrected chi connectivity index (χ3v) is 7.58. The van der Waals surface area contributed by atoms with Gasteiger partial charge in [-0.2, -0.15) is 0 Å². The van der Waals surface area contributed by atoms with Gasteiger partial charge < -0.3 is 10.1 Å². The van der Waals surface area contributed by atoms with Gasteiger partial charge in [-0.05, 0) is 65.9 Å². The van der Waals surface area contributed by atoms with Crippen LogP contribution in [0.25, 0.3) is 0 Å². The van der Waals surface area contributed by atoms with Crippen molar-refractivity contribution in [3.05, 3.63) is 126 Å². The Morgan fingerprint density at radius 3 is 1.97 bits per heavy atom. The molecule has 0 saturated heterocycles. The first-order valence-corrected chi connectivity index (χ1v) is 12.8. The van der Waals surface area contributed by atoms with Crippen LogP contribution in [-0.4, -0.2) is 24.2 Å². The number of rotatable bonds is 9. The smallest absolute Gasteiger partial charge is 0.251 e. The maximum absolute atomic E-state index is 13.7. The molecule has 0 aliphatic heterocycles. The molecule has 2 atom stereocenters. The second-order valence-corrected chi connectivity index (χ2v) is 9.97. The molecule has 0 heterocycles. The van der Waals surface area contributed by atoms with Gasteiger partial charge in [0.1, 0.15) is 11.8 Å². The van der Waals surface area contributed by atoms with Crippen LogP contribution < -0.4 is 10.1 Å². The largest absolute Gasteiger partial charge is 0.497 e. The van der Waals surface area contributed by atoms with E-state index in [1.165, 1.54) is 0 Å². The normalized spacial score (nSPS) is 12.4. The van der Waals surface area contributed by atoms with Crippen molar-refractivity contribution >= 4 is 34.5 Å². The highest BCUT2D eigenvalue weighted by atomic mass is 32.2. The maximum Gasteiger partial charge on any atom is 0.251 e. The zero-order valence-corrected chi connectivity index (χ0v) is 20.8. The van der Waals surface area contributed by atoms with E-state index >= 15 is 0 Å². The minimum atomic E-state index is -0.801. The Morgan fingerprint density at radius 1 is 0.743 bits per heavy atom. The van der Waals surface area contributed by atoms with E-state index in [0.717, 1.165) is 27.1 Å². The molecule has 176 valence electrons. The molecule has 0 fully saturated rings. The second kappa shape index (κ2) is 12.3. The molecule has 4 aromatic rings. The molecule has 0 saturated carbocycles. The standard InChI is InChI=1S/C29H25NO3S2/c1-33-23-15-11-14-22(20-23)27(34-24-16-7-3-8-17-24)26(29(32)35-25-18-9-4-10-19-25)30-28(31)21-12-5-2-6-13-21/h2-20,26-27H,1H3,(H,30,31)/t26-,27+/m0/s1. The van der Waals surface area contributed by atoms with Crippen molar-refractivity contribution in [3.63, 3.8) is 0 Å². The first-order chi connectivity index (χ1) is 17.1. The number of ether oxygens (including phenoxy) is 1. The van der Waals surface area contributed by atoms with E-state index in [1.807, 2.05) is 103 Å². The monoisotopic (exact) mass is 499 g/mol. The van der Waals surface area contributed by atoms with Crippen LogP contribution in [0.3, 0.4) is 0 Å². The van der Waals surface area contributed by atoms with Crippen LogP contribution in [0, 0.1) is 0 Å². The predicted molar refractivity (Wildman–Crippen MR) is 143 cm³/mol. The van der Waals surface area contributed by atoms with Crippen LogP contribution in [0.4, 0.5) is 0 Å². The molecule has 1 N–H and O–H groups in total. The number of methoxy groups -OCH3 is 1. The average molecular weight is 500 g/mol. The van der Waals surface area contributed by atoms with Gasteiger partial charge in [0.2, 0.25) is 5.12 Å². The molecule has 0 unspecified atom stereocenters. The lowest BCUT2D eigenvalue weighted by atomic mass is 10.0. The first-order valence-electron chi connectivity index (χ1n) is 11.1. The fourth-order valence-electron chi connectivity index (χ4n) is 3.53. The SMILES string of the molecule is COc1cccc([C@@H](Sc2ccccc2)[C@H](NC(=O)c2ccccc2)C(=O)Sc2ccccc2)c1. The number of benzene rings is 4. The number of carbonyl (C=O) groups excluding carboxylic acids is 2. The van der Waals surface area contributed by atoms with Gasteiger partial charge in [0.25, 0.3) is 5.91 Å². The summed E-state index contributed by atoms with van der Waals surface area (Å²) in [7, 11) is 1.61. The fourth-order valence-corrected chi connectivity index (χ4v) is 5.68. The molecule has 6 heteroatoms. The van der Waals surface area contributed by atoms with Crippen LogP contribution in [0.15, 0.2) is 125 Å². The van der Waals surface area contributed by atoms with Crippen LogP contribution >= 0.6 is 23.5 Å². The van der Waals surface area contributed by atoms with Gasteiger partial charge in [-0.1, -0.05) is 66.7 Å². The molecule has 0 spiro atoms. The van der Waals surface area contributed by atoms with Crippen LogP contribution in [0.5, 0.6) is 5.75 Å². The Balaban J connectivity index is 1.73. The molecule has 1 amide bonds. The molecule has 4 rings (SSSR count). The van der Waals surface area contributed by atoms with Crippen molar-refractivity contribution in [2.24, 2.45) is 0 Å². The predicted octanol–water partition coefficient (Wildman–Crippen LogP) is 6.65. The highest BCUT2D eigenvalue weighted by Crippen LogP contribution is 2.41. The summed E-state index contributed by atoms with van der Waals surface area (Å²) in [5.74, 6) is 0.400. The van der Waals surface area contributed by atoms with E-state index in [0.29, 0.717) is 11.3 Å². The van der Waals surface area contributed by atoms with Crippen molar-refractivity contribution in [1.82, 2.24) is 5.32 Å². The van der Waals surface area contributed by atoms with Gasteiger partial charge >= 0.3 is 0 Å². The Bertz CT molecular complexity index is 1250. The zero-order valence-electron chi connectivity index (χ0n) is 19.2. The summed E-state index contributed by atoms with van der Waals surface area (Å²) >= 11 is 2.67. The molecular weight excluding hydrogens is 474 g/mol. The summed E-state index contributed by atoms with van der Waals surface area (Å²) in [6.45, 7) is 0. The molecular formula is C29H25NO3S2. The summed E-state index contributed by atoms with van der Waals surface area (Å²) in [5, 5.41) is 2.51. The summed E-state index contributed by atoms with van der Waals surface area (Å²) in [6, 6.07) is 35.2. The molecule has 0 radical (unpaired) electrons. The maximum atomic E-state index is 13.7. The quantitative estimate of drug-likeness (QED) is 0.262. The fraction of sp³-hybridized carbons (Fsp3) is 0.103. The Labute approximate surface area is 214 Å². The number of hydrogen-bond acceptors (Lipinski definition) is 5. The Hall–Kier alpha value is -3.48. The zero-order chi connectivity index (χ0) is 24.5. The van der Waals surface area contributed by atoms with Gasteiger partial charge in [0, 0.05) is 15.4 Å². The number of hydrogen-bond donors (Lipinski definition) is 1. The van der Waals surface area contributed by atoms with E-state index in [4.69, 9.17) is 4.74 Å². The van der Waals surface area contributed by atoms with Crippen molar-refractivity contribution < 1.29 is 14.3 Å². The third kappa shape index (κ3) is 6.78. The van der Waals surface area contributed by atoms with E-state index in [9.17, 15) is 9.59 Å². The lowest BCUT2D eigenvalue weighted by Gasteiger charge is -2.27. The van der Waals surface area contributed by atoms with Gasteiger partial charge in [-0.15, -0.1) is 11.8 Å². The molecule has 0 bridgehead atoms. The molecule has 0 aromatic heterocycles. The lowest BCUT2D eigenvalue weighted by molar-refractivity contribution is -0.112. The minimum absolute atomic E-state index is 0.142. The summed E-state index contributed by atoms with van der Waals surface area (Å²) in [4.78, 5) is 28.8. The van der Waals surface area contributed by atoms with E-state index in [2.05, 4.69) is 5.32 Å². The van der Waals surface area contributed by atoms with Gasteiger partial charge in [-0.3, -0.25) is 9.59 Å². The second-order valence-electron chi connectivity index (χ2n) is 7.68. The van der Waals surface area contributed by atoms with Crippen molar-refractivity contribution in [3.8, 4) is 5.75 Å². The van der Waals surface area contributed by atoms with Gasteiger partial charge in [0.05, 0.1) is 12.4 Å². The number of amides is 1. The highest BCUT2D eigenvalue weighted by Gasteiger charge is 2.33. The molecule has 4 nitrogen and oxygen atoms in total. The average Bonchev–Trinajstić information content (AvgIpc) is 2.92. The van der Waals surface area contributed by atoms with E-state index < -0.39 is 6.04 Å². The molecule has 35 heavy (non-hydrogen) atoms. The Kier molecular flexibility index (Phi) is 8.65. The molecule has 0 aliphatic carbocycles. The van der Waals surface area contributed by atoms with Crippen LogP contribution in [0.1, 0.15) is 21.2 Å². The number of carbonyl (C=O) groups is 2. The molecule has 0 aliphatic rings. The third-order valence-electron chi connectivity index (χ3n) is 5.27.